The van der Waals surface area contributed by atoms with Gasteiger partial charge in [0.05, 0.1) is 5.60 Å². The van der Waals surface area contributed by atoms with Gasteiger partial charge in [0.15, 0.2) is 5.16 Å². The SMILES string of the molecule is CC(C)CCC[C@@H](C)[C@H]1CCC2C3CC[C@H]4C[C@](O)(CSc5ncc[nH]5)CC[C@]4(C)C3CC[C@@]21C. The van der Waals surface area contributed by atoms with Gasteiger partial charge in [-0.1, -0.05) is 65.6 Å². The number of nitrogens with one attached hydrogen (secondary N) is 1. The van der Waals surface area contributed by atoms with Crippen molar-refractivity contribution in [2.45, 2.75) is 122 Å². The first-order valence-corrected chi connectivity index (χ1v) is 16.0. The smallest absolute Gasteiger partial charge is 0.165 e. The average molecular weight is 501 g/mol. The lowest BCUT2D eigenvalue weighted by Gasteiger charge is -2.62. The van der Waals surface area contributed by atoms with E-state index in [-0.39, 0.29) is 0 Å². The molecule has 4 aliphatic carbocycles. The van der Waals surface area contributed by atoms with Crippen molar-refractivity contribution in [3.8, 4) is 0 Å². The number of aromatic amines is 1. The Balaban J connectivity index is 1.24. The van der Waals surface area contributed by atoms with Crippen LogP contribution in [0.1, 0.15) is 112 Å². The summed E-state index contributed by atoms with van der Waals surface area (Å²) in [5.41, 5.74) is 0.491. The summed E-state index contributed by atoms with van der Waals surface area (Å²) < 4.78 is 0. The van der Waals surface area contributed by atoms with Gasteiger partial charge in [-0.15, -0.1) is 0 Å². The molecular weight excluding hydrogens is 448 g/mol. The van der Waals surface area contributed by atoms with Gasteiger partial charge in [-0.05, 0) is 110 Å². The Labute approximate surface area is 219 Å². The van der Waals surface area contributed by atoms with Gasteiger partial charge in [-0.25, -0.2) is 4.98 Å². The summed E-state index contributed by atoms with van der Waals surface area (Å²) in [6, 6.07) is 0. The number of hydrogen-bond acceptors (Lipinski definition) is 3. The van der Waals surface area contributed by atoms with E-state index in [1.165, 1.54) is 64.2 Å². The lowest BCUT2D eigenvalue weighted by Crippen LogP contribution is -2.56. The maximum Gasteiger partial charge on any atom is 0.165 e. The van der Waals surface area contributed by atoms with Crippen LogP contribution in [0.25, 0.3) is 0 Å². The van der Waals surface area contributed by atoms with E-state index in [2.05, 4.69) is 44.6 Å². The van der Waals surface area contributed by atoms with E-state index in [1.54, 1.807) is 11.8 Å². The zero-order chi connectivity index (χ0) is 24.8. The molecule has 1 aromatic rings. The van der Waals surface area contributed by atoms with Gasteiger partial charge in [-0.3, -0.25) is 0 Å². The van der Waals surface area contributed by atoms with Gasteiger partial charge < -0.3 is 10.1 Å². The highest BCUT2D eigenvalue weighted by Gasteiger charge is 2.61. The Bertz CT molecular complexity index is 841. The number of H-pyrrole nitrogens is 1. The number of aliphatic hydroxyl groups is 1. The average Bonchev–Trinajstić information content (AvgIpc) is 3.45. The molecule has 4 saturated carbocycles. The van der Waals surface area contributed by atoms with Crippen LogP contribution in [0.4, 0.5) is 0 Å². The fourth-order valence-corrected chi connectivity index (χ4v) is 11.0. The first kappa shape index (κ1) is 26.1. The molecule has 3 unspecified atom stereocenters. The van der Waals surface area contributed by atoms with Crippen molar-refractivity contribution in [3.05, 3.63) is 12.4 Å². The molecule has 4 aliphatic rings. The van der Waals surface area contributed by atoms with Crippen LogP contribution in [-0.2, 0) is 0 Å². The Hall–Kier alpha value is -0.480. The molecule has 1 heterocycles. The minimum atomic E-state index is -0.526. The van der Waals surface area contributed by atoms with Crippen molar-refractivity contribution in [3.63, 3.8) is 0 Å². The summed E-state index contributed by atoms with van der Waals surface area (Å²) in [6.45, 7) is 12.7. The fraction of sp³-hybridized carbons (Fsp3) is 0.903. The van der Waals surface area contributed by atoms with Crippen LogP contribution >= 0.6 is 11.8 Å². The molecular formula is C31H52N2OS. The Morgan fingerprint density at radius 1 is 1.00 bits per heavy atom. The van der Waals surface area contributed by atoms with E-state index >= 15 is 0 Å². The maximum atomic E-state index is 11.5. The van der Waals surface area contributed by atoms with Crippen LogP contribution in [-0.4, -0.2) is 26.4 Å². The Kier molecular flexibility index (Phi) is 7.47. The third-order valence-electron chi connectivity index (χ3n) is 12.0. The molecule has 0 saturated heterocycles. The zero-order valence-electron chi connectivity index (χ0n) is 23.2. The highest BCUT2D eigenvalue weighted by Crippen LogP contribution is 2.69. The van der Waals surface area contributed by atoms with Crippen LogP contribution < -0.4 is 0 Å². The van der Waals surface area contributed by atoms with E-state index in [0.29, 0.717) is 16.7 Å². The first-order chi connectivity index (χ1) is 16.6. The minimum absolute atomic E-state index is 0.437. The number of thioether (sulfide) groups is 1. The van der Waals surface area contributed by atoms with E-state index in [9.17, 15) is 5.11 Å². The molecule has 3 nitrogen and oxygen atoms in total. The molecule has 0 aliphatic heterocycles. The quantitative estimate of drug-likeness (QED) is 0.353. The highest BCUT2D eigenvalue weighted by molar-refractivity contribution is 7.99. The second-order valence-corrected chi connectivity index (χ2v) is 15.3. The molecule has 0 aromatic carbocycles. The lowest BCUT2D eigenvalue weighted by molar-refractivity contribution is -0.146. The van der Waals surface area contributed by atoms with Gasteiger partial charge in [0, 0.05) is 18.1 Å². The molecule has 0 radical (unpaired) electrons. The molecule has 9 atom stereocenters. The molecule has 0 bridgehead atoms. The van der Waals surface area contributed by atoms with Crippen LogP contribution in [0, 0.1) is 52.3 Å². The number of fused-ring (bicyclic) bond motifs is 5. The molecule has 4 heteroatoms. The van der Waals surface area contributed by atoms with E-state index < -0.39 is 5.60 Å². The standard InChI is InChI=1S/C31H52N2OS/c1-21(2)7-6-8-22(3)25-11-12-26-24-10-9-23-19-31(34,20-35-28-32-17-18-33-28)16-15-29(23,4)27(24)13-14-30(25,26)5/h17-18,21-27,34H,6-16,19-20H2,1-5H3,(H,32,33)/t22-,23+,24?,25-,26?,27?,29+,30-,31+/m1/s1. The normalized spacial score (nSPS) is 44.0. The highest BCUT2D eigenvalue weighted by atomic mass is 32.2. The second kappa shape index (κ2) is 10.0. The number of rotatable bonds is 8. The predicted molar refractivity (Wildman–Crippen MR) is 147 cm³/mol. The van der Waals surface area contributed by atoms with Gasteiger partial charge in [0.2, 0.25) is 0 Å². The van der Waals surface area contributed by atoms with E-state index in [1.807, 2.05) is 12.4 Å². The van der Waals surface area contributed by atoms with Crippen molar-refractivity contribution < 1.29 is 5.11 Å². The number of nitrogens with zero attached hydrogens (tertiary/aromatic N) is 1. The van der Waals surface area contributed by atoms with Gasteiger partial charge in [0.25, 0.3) is 0 Å². The Morgan fingerprint density at radius 2 is 1.80 bits per heavy atom. The maximum absolute atomic E-state index is 11.5. The molecule has 1 aromatic heterocycles. The summed E-state index contributed by atoms with van der Waals surface area (Å²) in [5, 5.41) is 12.5. The molecule has 0 spiro atoms. The van der Waals surface area contributed by atoms with Crippen molar-refractivity contribution >= 4 is 11.8 Å². The third-order valence-corrected chi connectivity index (χ3v) is 13.2. The van der Waals surface area contributed by atoms with E-state index in [4.69, 9.17) is 0 Å². The van der Waals surface area contributed by atoms with Gasteiger partial charge in [0.1, 0.15) is 0 Å². The number of aromatic nitrogens is 2. The summed E-state index contributed by atoms with van der Waals surface area (Å²) in [7, 11) is 0. The molecule has 35 heavy (non-hydrogen) atoms. The predicted octanol–water partition coefficient (Wildman–Crippen LogP) is 8.35. The van der Waals surface area contributed by atoms with Gasteiger partial charge >= 0.3 is 0 Å². The number of imidazole rings is 1. The van der Waals surface area contributed by atoms with Crippen LogP contribution in [0.2, 0.25) is 0 Å². The lowest BCUT2D eigenvalue weighted by atomic mass is 9.43. The minimum Gasteiger partial charge on any atom is -0.389 e. The molecule has 2 N–H and O–H groups in total. The zero-order valence-corrected chi connectivity index (χ0v) is 24.0. The second-order valence-electron chi connectivity index (χ2n) is 14.3. The monoisotopic (exact) mass is 500 g/mol. The Morgan fingerprint density at radius 3 is 2.54 bits per heavy atom. The molecule has 0 amide bonds. The van der Waals surface area contributed by atoms with Gasteiger partial charge in [-0.2, -0.15) is 0 Å². The molecule has 198 valence electrons. The van der Waals surface area contributed by atoms with Crippen molar-refractivity contribution in [1.29, 1.82) is 0 Å². The molecule has 5 rings (SSSR count). The summed E-state index contributed by atoms with van der Waals surface area (Å²) >= 11 is 1.70. The van der Waals surface area contributed by atoms with Crippen LogP contribution in [0.3, 0.4) is 0 Å². The topological polar surface area (TPSA) is 48.9 Å². The number of hydrogen-bond donors (Lipinski definition) is 2. The summed E-state index contributed by atoms with van der Waals surface area (Å²) in [6.07, 6.45) is 19.7. The van der Waals surface area contributed by atoms with Crippen molar-refractivity contribution in [2.24, 2.45) is 52.3 Å². The molecule has 4 fully saturated rings. The largest absolute Gasteiger partial charge is 0.389 e. The summed E-state index contributed by atoms with van der Waals surface area (Å²) in [4.78, 5) is 7.54. The van der Waals surface area contributed by atoms with Crippen LogP contribution in [0.15, 0.2) is 17.6 Å². The fourth-order valence-electron chi connectivity index (χ4n) is 10.0. The first-order valence-electron chi connectivity index (χ1n) is 15.0. The summed E-state index contributed by atoms with van der Waals surface area (Å²) in [5.74, 6) is 6.92. The van der Waals surface area contributed by atoms with Crippen molar-refractivity contribution in [2.75, 3.05) is 5.75 Å². The van der Waals surface area contributed by atoms with Crippen LogP contribution in [0.5, 0.6) is 0 Å². The third kappa shape index (κ3) is 4.89. The van der Waals surface area contributed by atoms with E-state index in [0.717, 1.165) is 59.3 Å². The van der Waals surface area contributed by atoms with Crippen molar-refractivity contribution in [1.82, 2.24) is 9.97 Å².